The molecule has 5 aliphatic rings. The Balaban J connectivity index is 1.19. The number of nitrogens with zero attached hydrogens (tertiary/aromatic N) is 2. The number of aliphatic hydroxyl groups is 7. The Morgan fingerprint density at radius 2 is 1.15 bits per heavy atom. The van der Waals surface area contributed by atoms with E-state index in [1.807, 2.05) is 6.08 Å². The second-order valence-electron chi connectivity index (χ2n) is 19.1. The van der Waals surface area contributed by atoms with Gasteiger partial charge < -0.3 is 61.6 Å². The number of nitrogens with two attached hydrogens (primary N) is 2. The molecular weight excluding hydrogens is 777 g/mol. The van der Waals surface area contributed by atoms with E-state index in [9.17, 15) is 35.7 Å². The molecule has 0 bridgehead atoms. The first-order valence-electron chi connectivity index (χ1n) is 23.9. The van der Waals surface area contributed by atoms with Crippen LogP contribution in [0.25, 0.3) is 0 Å². The van der Waals surface area contributed by atoms with E-state index in [0.29, 0.717) is 95.5 Å². The summed E-state index contributed by atoms with van der Waals surface area (Å²) in [7, 11) is 0. The first-order valence-corrected chi connectivity index (χ1v) is 23.9. The molecular formula is C48H82N4O9. The summed E-state index contributed by atoms with van der Waals surface area (Å²) in [4.78, 5) is 4.87. The maximum atomic E-state index is 11.1. The summed E-state index contributed by atoms with van der Waals surface area (Å²) in [6, 6.07) is 0. The summed E-state index contributed by atoms with van der Waals surface area (Å²) in [5, 5.41) is 74.8. The quantitative estimate of drug-likeness (QED) is 0.0380. The molecule has 2 unspecified atom stereocenters. The van der Waals surface area contributed by atoms with E-state index < -0.39 is 30.5 Å². The van der Waals surface area contributed by atoms with Gasteiger partial charge in [0.05, 0.1) is 36.4 Å². The van der Waals surface area contributed by atoms with Gasteiger partial charge in [0.2, 0.25) is 0 Å². The van der Waals surface area contributed by atoms with Crippen LogP contribution in [0.15, 0.2) is 59.0 Å². The third-order valence-electron chi connectivity index (χ3n) is 13.4. The fourth-order valence-corrected chi connectivity index (χ4v) is 10.4. The Morgan fingerprint density at radius 3 is 1.70 bits per heavy atom. The van der Waals surface area contributed by atoms with E-state index in [4.69, 9.17) is 20.9 Å². The molecule has 0 aromatic rings. The number of allylic oxidation sites excluding steroid dienone is 4. The van der Waals surface area contributed by atoms with Crippen molar-refractivity contribution in [2.24, 2.45) is 41.1 Å². The van der Waals surface area contributed by atoms with Crippen LogP contribution in [0.4, 0.5) is 0 Å². The SMILES string of the molecule is NCCCCCCOC1=C(O)C[C@@H](CN(C[C@H]2C=C[C@@H](CN(CC3=CC(O)[C@@H](OCCCCCCN)[C@@H](O)C3)CC3CC(O)=C[C@@H](O)C3)CC2)C[C@@H]2CC(O)=C[C@H](O)C2)CC1. The first kappa shape index (κ1) is 49.6. The summed E-state index contributed by atoms with van der Waals surface area (Å²) in [6.07, 6.45) is 21.1. The molecule has 0 saturated carbocycles. The average Bonchev–Trinajstić information content (AvgIpc) is 3.19. The molecule has 13 nitrogen and oxygen atoms in total. The predicted octanol–water partition coefficient (Wildman–Crippen LogP) is 5.66. The highest BCUT2D eigenvalue weighted by Crippen LogP contribution is 2.34. The lowest BCUT2D eigenvalue weighted by molar-refractivity contribution is -0.0918. The molecule has 5 rings (SSSR count). The Hall–Kier alpha value is -2.46. The molecule has 0 saturated heterocycles. The van der Waals surface area contributed by atoms with Crippen molar-refractivity contribution in [1.29, 1.82) is 0 Å². The maximum absolute atomic E-state index is 11.1. The number of hydrogen-bond donors (Lipinski definition) is 9. The zero-order valence-corrected chi connectivity index (χ0v) is 37.0. The fourth-order valence-electron chi connectivity index (χ4n) is 10.4. The normalized spacial score (nSPS) is 31.0. The van der Waals surface area contributed by atoms with Crippen molar-refractivity contribution in [2.75, 3.05) is 65.6 Å². The van der Waals surface area contributed by atoms with Crippen molar-refractivity contribution in [3.63, 3.8) is 0 Å². The van der Waals surface area contributed by atoms with Crippen molar-refractivity contribution in [2.45, 2.75) is 146 Å². The number of hydrogen-bond acceptors (Lipinski definition) is 13. The second-order valence-corrected chi connectivity index (χ2v) is 19.1. The molecule has 13 heteroatoms. The van der Waals surface area contributed by atoms with Crippen LogP contribution in [0, 0.1) is 29.6 Å². The van der Waals surface area contributed by atoms with Crippen LogP contribution in [0.5, 0.6) is 0 Å². The molecule has 5 aliphatic carbocycles. The highest BCUT2D eigenvalue weighted by Gasteiger charge is 2.34. The fraction of sp³-hybridized carbons (Fsp3) is 0.792. The predicted molar refractivity (Wildman–Crippen MR) is 240 cm³/mol. The molecule has 0 aliphatic heterocycles. The summed E-state index contributed by atoms with van der Waals surface area (Å²) in [6.45, 7) is 7.02. The van der Waals surface area contributed by atoms with E-state index in [-0.39, 0.29) is 29.3 Å². The summed E-state index contributed by atoms with van der Waals surface area (Å²) < 4.78 is 12.0. The van der Waals surface area contributed by atoms with E-state index in [1.54, 1.807) is 6.08 Å². The average molecular weight is 859 g/mol. The van der Waals surface area contributed by atoms with E-state index in [1.165, 1.54) is 6.08 Å². The highest BCUT2D eigenvalue weighted by molar-refractivity contribution is 5.17. The summed E-state index contributed by atoms with van der Waals surface area (Å²) >= 11 is 0. The minimum atomic E-state index is -0.895. The van der Waals surface area contributed by atoms with Crippen LogP contribution in [0.1, 0.15) is 116 Å². The number of aliphatic hydroxyl groups excluding tert-OH is 7. The van der Waals surface area contributed by atoms with Gasteiger partial charge in [0, 0.05) is 71.6 Å². The van der Waals surface area contributed by atoms with Crippen LogP contribution >= 0.6 is 0 Å². The van der Waals surface area contributed by atoms with Crippen molar-refractivity contribution in [3.05, 3.63) is 59.0 Å². The van der Waals surface area contributed by atoms with E-state index in [0.717, 1.165) is 115 Å². The highest BCUT2D eigenvalue weighted by atomic mass is 16.5. The van der Waals surface area contributed by atoms with Gasteiger partial charge in [0.15, 0.2) is 0 Å². The lowest BCUT2D eigenvalue weighted by atomic mass is 9.85. The van der Waals surface area contributed by atoms with Gasteiger partial charge in [0.25, 0.3) is 0 Å². The molecule has 11 N–H and O–H groups in total. The maximum Gasteiger partial charge on any atom is 0.133 e. The van der Waals surface area contributed by atoms with Crippen molar-refractivity contribution in [1.82, 2.24) is 9.80 Å². The largest absolute Gasteiger partial charge is 0.513 e. The lowest BCUT2D eigenvalue weighted by Gasteiger charge is -2.38. The Labute approximate surface area is 365 Å². The summed E-state index contributed by atoms with van der Waals surface area (Å²) in [5.74, 6) is 2.75. The topological polar surface area (TPSA) is 219 Å². The first-order chi connectivity index (χ1) is 29.5. The van der Waals surface area contributed by atoms with Gasteiger partial charge in [-0.15, -0.1) is 0 Å². The molecule has 0 aromatic carbocycles. The zero-order valence-electron chi connectivity index (χ0n) is 37.0. The Bertz CT molecular complexity index is 1450. The number of unbranched alkanes of at least 4 members (excludes halogenated alkanes) is 6. The van der Waals surface area contributed by atoms with Gasteiger partial charge in [0.1, 0.15) is 23.7 Å². The molecule has 0 amide bonds. The van der Waals surface area contributed by atoms with Gasteiger partial charge in [-0.1, -0.05) is 49.5 Å². The van der Waals surface area contributed by atoms with Crippen LogP contribution in [-0.2, 0) is 9.47 Å². The molecule has 0 heterocycles. The van der Waals surface area contributed by atoms with Gasteiger partial charge >= 0.3 is 0 Å². The third-order valence-corrected chi connectivity index (χ3v) is 13.4. The number of ether oxygens (including phenoxy) is 2. The second kappa shape index (κ2) is 26.4. The molecule has 0 spiro atoms. The van der Waals surface area contributed by atoms with E-state index >= 15 is 0 Å². The van der Waals surface area contributed by atoms with E-state index in [2.05, 4.69) is 22.0 Å². The van der Waals surface area contributed by atoms with Crippen LogP contribution in [0.2, 0.25) is 0 Å². The van der Waals surface area contributed by atoms with Gasteiger partial charge in [-0.2, -0.15) is 0 Å². The Morgan fingerprint density at radius 1 is 0.590 bits per heavy atom. The summed E-state index contributed by atoms with van der Waals surface area (Å²) in [5.41, 5.74) is 12.2. The smallest absolute Gasteiger partial charge is 0.133 e. The molecule has 61 heavy (non-hydrogen) atoms. The minimum Gasteiger partial charge on any atom is -0.513 e. The molecule has 10 atom stereocenters. The number of rotatable bonds is 26. The lowest BCUT2D eigenvalue weighted by Crippen LogP contribution is -2.44. The molecule has 0 fully saturated rings. The Kier molecular flexibility index (Phi) is 21.4. The molecule has 0 aromatic heterocycles. The van der Waals surface area contributed by atoms with Crippen molar-refractivity contribution < 1.29 is 45.2 Å². The van der Waals surface area contributed by atoms with Crippen molar-refractivity contribution in [3.8, 4) is 0 Å². The van der Waals surface area contributed by atoms with Gasteiger partial charge in [-0.3, -0.25) is 4.90 Å². The molecule has 0 radical (unpaired) electrons. The van der Waals surface area contributed by atoms with Gasteiger partial charge in [-0.25, -0.2) is 0 Å². The van der Waals surface area contributed by atoms with Crippen LogP contribution < -0.4 is 11.5 Å². The van der Waals surface area contributed by atoms with Crippen LogP contribution in [-0.4, -0.2) is 142 Å². The third kappa shape index (κ3) is 17.6. The molecule has 348 valence electrons. The van der Waals surface area contributed by atoms with Crippen LogP contribution in [0.3, 0.4) is 0 Å². The minimum absolute atomic E-state index is 0.0824. The van der Waals surface area contributed by atoms with Crippen molar-refractivity contribution >= 4 is 0 Å². The zero-order chi connectivity index (χ0) is 43.6. The van der Waals surface area contributed by atoms with Gasteiger partial charge in [-0.05, 0) is 119 Å². The monoisotopic (exact) mass is 859 g/mol. The standard InChI is InChI=1S/C48H82N4O9/c49-15-5-1-3-7-17-60-47-14-13-36(23-44(47)57)30-51(31-37-19-40(53)26-41(54)20-37)28-34-9-11-35(12-10-34)29-52(32-38-21-42(55)27-43(56)22-38)33-39-24-45(58)48(46(59)25-39)61-18-8-4-2-6-16-50/h9,11,24,26-27,34-38,40,42,45-46,48,53-59H,1-8,10,12-23,25,28-33,49-50H2/t34-,35+,36-,37-,38?,40+,42-,45?,46-,48+/m0/s1.